The largest absolute Gasteiger partial charge is 0.378 e. The number of aryl methyl sites for hydroxylation is 1. The first-order chi connectivity index (χ1) is 14.9. The lowest BCUT2D eigenvalue weighted by atomic mass is 10.1. The van der Waals surface area contributed by atoms with Crippen molar-refractivity contribution in [2.75, 3.05) is 44.9 Å². The molecule has 1 aliphatic rings. The molecule has 0 spiro atoms. The van der Waals surface area contributed by atoms with Gasteiger partial charge in [-0.2, -0.15) is 11.8 Å². The van der Waals surface area contributed by atoms with Gasteiger partial charge in [-0.3, -0.25) is 4.79 Å². The Morgan fingerprint density at radius 3 is 2.61 bits per heavy atom. The van der Waals surface area contributed by atoms with E-state index < -0.39 is 10.0 Å². The minimum atomic E-state index is -3.69. The standard InChI is InChI=1S/C22H28N2O4S3/c1-17-5-3-4-6-18(17)16-30-14-9-23-31(26,27)19-7-8-21(29-2)20(15-19)22(25)24-10-12-28-13-11-24/h3-8,15,23H,9-14,16H2,1-2H3. The van der Waals surface area contributed by atoms with E-state index in [0.717, 1.165) is 10.6 Å². The number of carbonyl (C=O) groups is 1. The molecule has 0 radical (unpaired) electrons. The predicted molar refractivity (Wildman–Crippen MR) is 127 cm³/mol. The van der Waals surface area contributed by atoms with Crippen molar-refractivity contribution in [3.8, 4) is 0 Å². The molecule has 168 valence electrons. The van der Waals surface area contributed by atoms with Crippen molar-refractivity contribution in [1.29, 1.82) is 0 Å². The van der Waals surface area contributed by atoms with Gasteiger partial charge >= 0.3 is 0 Å². The van der Waals surface area contributed by atoms with E-state index in [9.17, 15) is 13.2 Å². The van der Waals surface area contributed by atoms with E-state index in [1.165, 1.54) is 29.0 Å². The van der Waals surface area contributed by atoms with Crippen molar-refractivity contribution >= 4 is 39.5 Å². The van der Waals surface area contributed by atoms with E-state index in [1.54, 1.807) is 28.8 Å². The second-order valence-corrected chi connectivity index (χ2v) is 10.9. The van der Waals surface area contributed by atoms with Crippen LogP contribution >= 0.6 is 23.5 Å². The summed E-state index contributed by atoms with van der Waals surface area (Å²) in [6.07, 6.45) is 1.88. The molecule has 9 heteroatoms. The zero-order chi connectivity index (χ0) is 22.3. The summed E-state index contributed by atoms with van der Waals surface area (Å²) in [4.78, 5) is 15.6. The summed E-state index contributed by atoms with van der Waals surface area (Å²) >= 11 is 3.12. The number of carbonyl (C=O) groups excluding carboxylic acids is 1. The summed E-state index contributed by atoms with van der Waals surface area (Å²) in [5, 5.41) is 0. The Hall–Kier alpha value is -1.52. The lowest BCUT2D eigenvalue weighted by Gasteiger charge is -2.27. The molecule has 1 fully saturated rings. The van der Waals surface area contributed by atoms with Crippen LogP contribution in [0.3, 0.4) is 0 Å². The van der Waals surface area contributed by atoms with Crippen molar-refractivity contribution < 1.29 is 17.9 Å². The maximum Gasteiger partial charge on any atom is 0.255 e. The van der Waals surface area contributed by atoms with Crippen LogP contribution in [0.4, 0.5) is 0 Å². The first-order valence-corrected chi connectivity index (χ1v) is 14.0. The second-order valence-electron chi connectivity index (χ2n) is 7.14. The van der Waals surface area contributed by atoms with Gasteiger partial charge in [0.15, 0.2) is 0 Å². The van der Waals surface area contributed by atoms with Crippen LogP contribution in [0.2, 0.25) is 0 Å². The van der Waals surface area contributed by atoms with Crippen molar-refractivity contribution in [3.05, 3.63) is 59.2 Å². The third-order valence-corrected chi connectivity index (χ3v) is 8.33. The summed E-state index contributed by atoms with van der Waals surface area (Å²) in [6.45, 7) is 4.43. The Morgan fingerprint density at radius 2 is 1.90 bits per heavy atom. The molecule has 0 bridgehead atoms. The Labute approximate surface area is 193 Å². The molecule has 3 rings (SSSR count). The lowest BCUT2D eigenvalue weighted by molar-refractivity contribution is 0.0300. The van der Waals surface area contributed by atoms with Crippen LogP contribution in [0.1, 0.15) is 21.5 Å². The van der Waals surface area contributed by atoms with Crippen LogP contribution in [-0.2, 0) is 20.5 Å². The molecule has 1 aliphatic heterocycles. The molecule has 1 N–H and O–H groups in total. The Morgan fingerprint density at radius 1 is 1.16 bits per heavy atom. The quantitative estimate of drug-likeness (QED) is 0.438. The van der Waals surface area contributed by atoms with Gasteiger partial charge in [-0.15, -0.1) is 11.8 Å². The van der Waals surface area contributed by atoms with E-state index in [4.69, 9.17) is 4.74 Å². The number of amides is 1. The molecule has 1 amide bonds. The molecular formula is C22H28N2O4S3. The highest BCUT2D eigenvalue weighted by Crippen LogP contribution is 2.25. The van der Waals surface area contributed by atoms with Gasteiger partial charge in [0.1, 0.15) is 0 Å². The minimum absolute atomic E-state index is 0.116. The first-order valence-electron chi connectivity index (χ1n) is 10.1. The number of ether oxygens (including phenoxy) is 1. The molecule has 6 nitrogen and oxygen atoms in total. The van der Waals surface area contributed by atoms with E-state index in [2.05, 4.69) is 23.8 Å². The van der Waals surface area contributed by atoms with Crippen molar-refractivity contribution in [2.24, 2.45) is 0 Å². The van der Waals surface area contributed by atoms with Crippen molar-refractivity contribution in [3.63, 3.8) is 0 Å². The normalized spacial score (nSPS) is 14.6. The number of nitrogens with one attached hydrogen (secondary N) is 1. The van der Waals surface area contributed by atoms with Gasteiger partial charge in [-0.05, 0) is 42.5 Å². The molecule has 0 aromatic heterocycles. The smallest absolute Gasteiger partial charge is 0.255 e. The molecule has 0 atom stereocenters. The highest BCUT2D eigenvalue weighted by atomic mass is 32.2. The average Bonchev–Trinajstić information content (AvgIpc) is 2.79. The first kappa shape index (κ1) is 24.1. The molecule has 1 saturated heterocycles. The SMILES string of the molecule is CSc1ccc(S(=O)(=O)NCCSCc2ccccc2C)cc1C(=O)N1CCOCC1. The average molecular weight is 481 g/mol. The third-order valence-electron chi connectivity index (χ3n) is 5.07. The van der Waals surface area contributed by atoms with Crippen molar-refractivity contribution in [2.45, 2.75) is 22.5 Å². The van der Waals surface area contributed by atoms with Crippen LogP contribution in [0.15, 0.2) is 52.3 Å². The van der Waals surface area contributed by atoms with E-state index in [1.807, 2.05) is 18.4 Å². The van der Waals surface area contributed by atoms with Crippen LogP contribution in [0.5, 0.6) is 0 Å². The fraction of sp³-hybridized carbons (Fsp3) is 0.409. The van der Waals surface area contributed by atoms with Crippen LogP contribution in [0.25, 0.3) is 0 Å². The van der Waals surface area contributed by atoms with Gasteiger partial charge in [0.2, 0.25) is 10.0 Å². The minimum Gasteiger partial charge on any atom is -0.378 e. The van der Waals surface area contributed by atoms with Gasteiger partial charge in [0, 0.05) is 36.0 Å². The Bertz CT molecular complexity index is 1010. The van der Waals surface area contributed by atoms with E-state index >= 15 is 0 Å². The number of hydrogen-bond acceptors (Lipinski definition) is 6. The number of hydrogen-bond donors (Lipinski definition) is 1. The van der Waals surface area contributed by atoms with Gasteiger partial charge in [0.25, 0.3) is 5.91 Å². The predicted octanol–water partition coefficient (Wildman–Crippen LogP) is 3.40. The molecule has 1 heterocycles. The van der Waals surface area contributed by atoms with E-state index in [0.29, 0.717) is 44.2 Å². The molecule has 2 aromatic carbocycles. The molecule has 0 saturated carbocycles. The number of morpholine rings is 1. The monoisotopic (exact) mass is 480 g/mol. The van der Waals surface area contributed by atoms with Gasteiger partial charge in [-0.1, -0.05) is 24.3 Å². The Kier molecular flexibility index (Phi) is 8.85. The van der Waals surface area contributed by atoms with E-state index in [-0.39, 0.29) is 10.8 Å². The number of thioether (sulfide) groups is 2. The third kappa shape index (κ3) is 6.49. The van der Waals surface area contributed by atoms with Gasteiger partial charge < -0.3 is 9.64 Å². The summed E-state index contributed by atoms with van der Waals surface area (Å²) in [5.74, 6) is 1.35. The fourth-order valence-corrected chi connectivity index (χ4v) is 5.94. The lowest BCUT2D eigenvalue weighted by Crippen LogP contribution is -2.41. The van der Waals surface area contributed by atoms with Gasteiger partial charge in [0.05, 0.1) is 23.7 Å². The summed E-state index contributed by atoms with van der Waals surface area (Å²) in [5.41, 5.74) is 2.92. The topological polar surface area (TPSA) is 75.7 Å². The maximum absolute atomic E-state index is 13.0. The maximum atomic E-state index is 13.0. The highest BCUT2D eigenvalue weighted by Gasteiger charge is 2.23. The number of rotatable bonds is 9. The molecule has 0 aliphatic carbocycles. The molecular weight excluding hydrogens is 452 g/mol. The zero-order valence-electron chi connectivity index (χ0n) is 17.8. The molecule has 31 heavy (non-hydrogen) atoms. The zero-order valence-corrected chi connectivity index (χ0v) is 20.2. The Balaban J connectivity index is 1.62. The van der Waals surface area contributed by atoms with Crippen molar-refractivity contribution in [1.82, 2.24) is 9.62 Å². The van der Waals surface area contributed by atoms with Crippen LogP contribution in [-0.4, -0.2) is 64.1 Å². The molecule has 2 aromatic rings. The number of nitrogens with zero attached hydrogens (tertiary/aromatic N) is 1. The number of sulfonamides is 1. The second kappa shape index (κ2) is 11.4. The summed E-state index contributed by atoms with van der Waals surface area (Å²) in [7, 11) is -3.69. The fourth-order valence-electron chi connectivity index (χ4n) is 3.24. The summed E-state index contributed by atoms with van der Waals surface area (Å²) < 4.78 is 33.6. The van der Waals surface area contributed by atoms with Crippen LogP contribution in [0, 0.1) is 6.92 Å². The highest BCUT2D eigenvalue weighted by molar-refractivity contribution is 7.98. The van der Waals surface area contributed by atoms with Crippen LogP contribution < -0.4 is 4.72 Å². The van der Waals surface area contributed by atoms with Gasteiger partial charge in [-0.25, -0.2) is 13.1 Å². The number of benzene rings is 2. The summed E-state index contributed by atoms with van der Waals surface area (Å²) in [6, 6.07) is 13.0. The molecule has 0 unspecified atom stereocenters.